The van der Waals surface area contributed by atoms with Gasteiger partial charge in [-0.1, -0.05) is 26.3 Å². The number of ether oxygens (including phenoxy) is 4. The van der Waals surface area contributed by atoms with E-state index in [9.17, 15) is 19.5 Å². The molecular formula is C24H23NO8. The molecule has 2 aliphatic heterocycles. The van der Waals surface area contributed by atoms with Gasteiger partial charge in [-0.2, -0.15) is 0 Å². The van der Waals surface area contributed by atoms with Crippen LogP contribution in [0, 0.1) is 5.92 Å². The van der Waals surface area contributed by atoms with E-state index in [0.717, 1.165) is 5.56 Å². The number of aliphatic carboxylic acids is 1. The third kappa shape index (κ3) is 4.77. The molecule has 0 unspecified atom stereocenters. The number of hydrogen-bond acceptors (Lipinski definition) is 7. The second-order valence-corrected chi connectivity index (χ2v) is 7.77. The third-order valence-electron chi connectivity index (χ3n) is 5.50. The smallest absolute Gasteiger partial charge is 0.326 e. The van der Waals surface area contributed by atoms with Crippen molar-refractivity contribution in [3.63, 3.8) is 0 Å². The van der Waals surface area contributed by atoms with Gasteiger partial charge in [0.1, 0.15) is 17.5 Å². The van der Waals surface area contributed by atoms with Crippen LogP contribution in [-0.4, -0.2) is 42.2 Å². The Morgan fingerprint density at radius 2 is 1.94 bits per heavy atom. The average molecular weight is 453 g/mol. The standard InChI is InChI=1S/C24H23NO8/c1-3-13(2)22(24(28)29)25-21(26)11-30-15-5-6-16-18(10-15)33-20(23(16)27)9-14-4-7-17-19(8-14)32-12-31-17/h4-10,13,22H,3,11-12H2,1-2H3,(H,25,26)(H,28,29)/b20-9-/t13-,22-/m0/s1. The molecule has 172 valence electrons. The number of carbonyl (C=O) groups excluding carboxylic acids is 2. The summed E-state index contributed by atoms with van der Waals surface area (Å²) >= 11 is 0. The highest BCUT2D eigenvalue weighted by molar-refractivity contribution is 6.14. The van der Waals surface area contributed by atoms with Gasteiger partial charge in [-0.3, -0.25) is 9.59 Å². The van der Waals surface area contributed by atoms with E-state index in [1.54, 1.807) is 43.3 Å². The predicted octanol–water partition coefficient (Wildman–Crippen LogP) is 3.03. The number of allylic oxidation sites excluding steroid dienone is 1. The number of nitrogens with one attached hydrogen (secondary N) is 1. The first-order valence-electron chi connectivity index (χ1n) is 10.5. The quantitative estimate of drug-likeness (QED) is 0.585. The number of rotatable bonds is 8. The first kappa shape index (κ1) is 22.2. The molecule has 33 heavy (non-hydrogen) atoms. The number of benzene rings is 2. The molecule has 2 atom stereocenters. The molecule has 4 rings (SSSR count). The molecule has 9 heteroatoms. The van der Waals surface area contributed by atoms with Crippen molar-refractivity contribution in [1.29, 1.82) is 0 Å². The first-order valence-corrected chi connectivity index (χ1v) is 10.5. The summed E-state index contributed by atoms with van der Waals surface area (Å²) in [7, 11) is 0. The monoisotopic (exact) mass is 453 g/mol. The Bertz CT molecular complexity index is 1140. The summed E-state index contributed by atoms with van der Waals surface area (Å²) in [5, 5.41) is 11.8. The normalized spacial score (nSPS) is 16.7. The molecule has 0 saturated heterocycles. The molecule has 2 aromatic rings. The molecule has 0 spiro atoms. The van der Waals surface area contributed by atoms with Gasteiger partial charge in [0, 0.05) is 6.07 Å². The number of fused-ring (bicyclic) bond motifs is 2. The van der Waals surface area contributed by atoms with Crippen molar-refractivity contribution < 1.29 is 38.4 Å². The van der Waals surface area contributed by atoms with E-state index in [-0.39, 0.29) is 30.9 Å². The molecule has 0 aliphatic carbocycles. The number of carboxylic acids is 1. The molecule has 2 heterocycles. The molecule has 2 aromatic carbocycles. The van der Waals surface area contributed by atoms with Crippen molar-refractivity contribution in [2.75, 3.05) is 13.4 Å². The fourth-order valence-electron chi connectivity index (χ4n) is 3.46. The number of carbonyl (C=O) groups is 3. The van der Waals surface area contributed by atoms with E-state index in [2.05, 4.69) is 5.32 Å². The van der Waals surface area contributed by atoms with Gasteiger partial charge in [-0.25, -0.2) is 4.79 Å². The molecule has 0 aromatic heterocycles. The Balaban J connectivity index is 1.41. The Kier molecular flexibility index (Phi) is 6.21. The van der Waals surface area contributed by atoms with E-state index in [1.807, 2.05) is 6.92 Å². The van der Waals surface area contributed by atoms with E-state index >= 15 is 0 Å². The lowest BCUT2D eigenvalue weighted by Gasteiger charge is -2.20. The molecule has 0 saturated carbocycles. The Hall–Kier alpha value is -4.01. The number of amides is 1. The van der Waals surface area contributed by atoms with Crippen molar-refractivity contribution in [3.05, 3.63) is 53.3 Å². The maximum atomic E-state index is 12.7. The van der Waals surface area contributed by atoms with Crippen LogP contribution >= 0.6 is 0 Å². The van der Waals surface area contributed by atoms with Gasteiger partial charge in [-0.15, -0.1) is 0 Å². The fourth-order valence-corrected chi connectivity index (χ4v) is 3.46. The summed E-state index contributed by atoms with van der Waals surface area (Å²) < 4.78 is 21.8. The summed E-state index contributed by atoms with van der Waals surface area (Å²) in [6.07, 6.45) is 2.22. The highest BCUT2D eigenvalue weighted by Crippen LogP contribution is 2.37. The van der Waals surface area contributed by atoms with E-state index in [0.29, 0.717) is 35.0 Å². The molecule has 2 aliphatic rings. The average Bonchev–Trinajstić information content (AvgIpc) is 3.39. The molecule has 9 nitrogen and oxygen atoms in total. The van der Waals surface area contributed by atoms with Crippen LogP contribution in [0.15, 0.2) is 42.2 Å². The van der Waals surface area contributed by atoms with Crippen molar-refractivity contribution in [3.8, 4) is 23.0 Å². The minimum atomic E-state index is -1.09. The van der Waals surface area contributed by atoms with Gasteiger partial charge in [0.25, 0.3) is 5.91 Å². The molecule has 0 fully saturated rings. The summed E-state index contributed by atoms with van der Waals surface area (Å²) in [5.74, 6) is -0.123. The van der Waals surface area contributed by atoms with Gasteiger partial charge >= 0.3 is 5.97 Å². The number of carboxylic acid groups (broad SMARTS) is 1. The summed E-state index contributed by atoms with van der Waals surface area (Å²) in [5.41, 5.74) is 1.10. The topological polar surface area (TPSA) is 120 Å². The minimum absolute atomic E-state index is 0.150. The van der Waals surface area contributed by atoms with Crippen LogP contribution in [0.25, 0.3) is 6.08 Å². The van der Waals surface area contributed by atoms with Crippen LogP contribution in [0.5, 0.6) is 23.0 Å². The van der Waals surface area contributed by atoms with Gasteiger partial charge in [0.2, 0.25) is 12.6 Å². The zero-order chi connectivity index (χ0) is 23.5. The largest absolute Gasteiger partial charge is 0.484 e. The van der Waals surface area contributed by atoms with Crippen LogP contribution in [-0.2, 0) is 9.59 Å². The Labute approximate surface area is 189 Å². The minimum Gasteiger partial charge on any atom is -0.484 e. The third-order valence-corrected chi connectivity index (χ3v) is 5.50. The summed E-state index contributed by atoms with van der Waals surface area (Å²) in [4.78, 5) is 36.2. The number of ketones is 1. The zero-order valence-electron chi connectivity index (χ0n) is 18.1. The molecular weight excluding hydrogens is 430 g/mol. The van der Waals surface area contributed by atoms with Crippen LogP contribution in [0.4, 0.5) is 0 Å². The van der Waals surface area contributed by atoms with Crippen LogP contribution < -0.4 is 24.3 Å². The summed E-state index contributed by atoms with van der Waals surface area (Å²) in [6.45, 7) is 3.40. The van der Waals surface area contributed by atoms with Gasteiger partial charge in [0.15, 0.2) is 23.9 Å². The number of Topliss-reactive ketones (excluding diaryl/α,β-unsaturated/α-hetero) is 1. The second-order valence-electron chi connectivity index (χ2n) is 7.77. The van der Waals surface area contributed by atoms with Gasteiger partial charge in [-0.05, 0) is 41.8 Å². The summed E-state index contributed by atoms with van der Waals surface area (Å²) in [6, 6.07) is 8.95. The van der Waals surface area contributed by atoms with Crippen LogP contribution in [0.1, 0.15) is 36.2 Å². The zero-order valence-corrected chi connectivity index (χ0v) is 18.1. The SMILES string of the molecule is CC[C@H](C)[C@H](NC(=O)COc1ccc2c(c1)O/C(=C\c1ccc3c(c1)OCO3)C2=O)C(=O)O. The maximum absolute atomic E-state index is 12.7. The highest BCUT2D eigenvalue weighted by atomic mass is 16.7. The fraction of sp³-hybridized carbons (Fsp3) is 0.292. The molecule has 2 N–H and O–H groups in total. The molecule has 0 bridgehead atoms. The van der Waals surface area contributed by atoms with Gasteiger partial charge < -0.3 is 29.4 Å². The van der Waals surface area contributed by atoms with Crippen molar-refractivity contribution in [1.82, 2.24) is 5.32 Å². The lowest BCUT2D eigenvalue weighted by molar-refractivity contribution is -0.143. The van der Waals surface area contributed by atoms with Crippen molar-refractivity contribution in [2.24, 2.45) is 5.92 Å². The van der Waals surface area contributed by atoms with Crippen molar-refractivity contribution >= 4 is 23.7 Å². The lowest BCUT2D eigenvalue weighted by atomic mass is 9.99. The molecule has 0 radical (unpaired) electrons. The van der Waals surface area contributed by atoms with Crippen molar-refractivity contribution in [2.45, 2.75) is 26.3 Å². The Morgan fingerprint density at radius 3 is 2.70 bits per heavy atom. The van der Waals surface area contributed by atoms with Crippen LogP contribution in [0.3, 0.4) is 0 Å². The maximum Gasteiger partial charge on any atom is 0.326 e. The Morgan fingerprint density at radius 1 is 1.15 bits per heavy atom. The van der Waals surface area contributed by atoms with E-state index < -0.39 is 17.9 Å². The molecule has 1 amide bonds. The second kappa shape index (κ2) is 9.23. The van der Waals surface area contributed by atoms with E-state index in [4.69, 9.17) is 18.9 Å². The lowest BCUT2D eigenvalue weighted by Crippen LogP contribution is -2.46. The van der Waals surface area contributed by atoms with E-state index in [1.165, 1.54) is 6.07 Å². The first-order chi connectivity index (χ1) is 15.9. The predicted molar refractivity (Wildman–Crippen MR) is 116 cm³/mol. The van der Waals surface area contributed by atoms with Gasteiger partial charge in [0.05, 0.1) is 5.56 Å². The highest BCUT2D eigenvalue weighted by Gasteiger charge is 2.29. The number of hydrogen-bond donors (Lipinski definition) is 2. The van der Waals surface area contributed by atoms with Crippen LogP contribution in [0.2, 0.25) is 0 Å².